The minimum Gasteiger partial charge on any atom is -0.369 e. The van der Waals surface area contributed by atoms with Gasteiger partial charge in [-0.05, 0) is 19.1 Å². The van der Waals surface area contributed by atoms with E-state index in [1.165, 1.54) is 0 Å². The number of rotatable bonds is 3. The number of carbonyl (C=O) groups is 1. The maximum Gasteiger partial charge on any atom is 0.224 e. The van der Waals surface area contributed by atoms with E-state index in [0.29, 0.717) is 0 Å². The highest BCUT2D eigenvalue weighted by atomic mass is 16.1. The molecule has 0 aliphatic carbocycles. The number of carbonyl (C=O) groups excluding carboxylic acids is 1. The highest BCUT2D eigenvalue weighted by molar-refractivity contribution is 5.81. The number of hydrogen-bond donors (Lipinski definition) is 1. The predicted molar refractivity (Wildman–Crippen MR) is 59.0 cm³/mol. The second-order valence-electron chi connectivity index (χ2n) is 3.55. The lowest BCUT2D eigenvalue weighted by atomic mass is 10.1. The number of amides is 1. The molecule has 2 aromatic heterocycles. The molecule has 1 atom stereocenters. The van der Waals surface area contributed by atoms with E-state index in [-0.39, 0.29) is 11.8 Å². The zero-order chi connectivity index (χ0) is 11.5. The van der Waals surface area contributed by atoms with E-state index in [1.807, 2.05) is 12.1 Å². The SMILES string of the molecule is CC(C(N)=O)c1cnn(-c2ccncc2)c1. The Balaban J connectivity index is 2.30. The Kier molecular flexibility index (Phi) is 2.68. The van der Waals surface area contributed by atoms with Crippen LogP contribution in [0.1, 0.15) is 18.4 Å². The highest BCUT2D eigenvalue weighted by Gasteiger charge is 2.13. The fourth-order valence-corrected chi connectivity index (χ4v) is 1.36. The lowest BCUT2D eigenvalue weighted by molar-refractivity contribution is -0.119. The minimum atomic E-state index is -0.353. The molecule has 0 aromatic carbocycles. The third-order valence-electron chi connectivity index (χ3n) is 2.46. The molecule has 1 unspecified atom stereocenters. The molecule has 0 saturated carbocycles. The van der Waals surface area contributed by atoms with Crippen LogP contribution >= 0.6 is 0 Å². The van der Waals surface area contributed by atoms with E-state index in [4.69, 9.17) is 5.73 Å². The van der Waals surface area contributed by atoms with Gasteiger partial charge >= 0.3 is 0 Å². The van der Waals surface area contributed by atoms with Gasteiger partial charge < -0.3 is 5.73 Å². The van der Waals surface area contributed by atoms with Gasteiger partial charge in [0.2, 0.25) is 5.91 Å². The molecule has 5 nitrogen and oxygen atoms in total. The Morgan fingerprint density at radius 3 is 2.75 bits per heavy atom. The van der Waals surface area contributed by atoms with Gasteiger partial charge in [-0.15, -0.1) is 0 Å². The van der Waals surface area contributed by atoms with Crippen LogP contribution in [0.2, 0.25) is 0 Å². The molecule has 0 radical (unpaired) electrons. The molecule has 2 aromatic rings. The summed E-state index contributed by atoms with van der Waals surface area (Å²) in [4.78, 5) is 14.9. The van der Waals surface area contributed by atoms with E-state index in [1.54, 1.807) is 36.4 Å². The first kappa shape index (κ1) is 10.4. The molecule has 5 heteroatoms. The van der Waals surface area contributed by atoms with E-state index in [0.717, 1.165) is 11.3 Å². The monoisotopic (exact) mass is 216 g/mol. The van der Waals surface area contributed by atoms with Gasteiger partial charge in [-0.25, -0.2) is 4.68 Å². The Labute approximate surface area is 92.9 Å². The number of nitrogens with zero attached hydrogens (tertiary/aromatic N) is 3. The van der Waals surface area contributed by atoms with Crippen LogP contribution in [0.15, 0.2) is 36.9 Å². The number of pyridine rings is 1. The largest absolute Gasteiger partial charge is 0.369 e. The van der Waals surface area contributed by atoms with Crippen LogP contribution < -0.4 is 5.73 Å². The Morgan fingerprint density at radius 2 is 2.12 bits per heavy atom. The van der Waals surface area contributed by atoms with Gasteiger partial charge in [-0.1, -0.05) is 0 Å². The lowest BCUT2D eigenvalue weighted by Gasteiger charge is -2.02. The van der Waals surface area contributed by atoms with Gasteiger partial charge in [0.1, 0.15) is 0 Å². The van der Waals surface area contributed by atoms with Crippen molar-refractivity contribution in [2.75, 3.05) is 0 Å². The Bertz CT molecular complexity index is 492. The Morgan fingerprint density at radius 1 is 1.44 bits per heavy atom. The predicted octanol–water partition coefficient (Wildman–Crippen LogP) is 0.856. The zero-order valence-corrected chi connectivity index (χ0v) is 8.87. The van der Waals surface area contributed by atoms with Gasteiger partial charge in [0.05, 0.1) is 17.8 Å². The second kappa shape index (κ2) is 4.14. The van der Waals surface area contributed by atoms with Crippen LogP contribution in [0.25, 0.3) is 5.69 Å². The average Bonchev–Trinajstić information content (AvgIpc) is 2.78. The van der Waals surface area contributed by atoms with Crippen molar-refractivity contribution in [1.82, 2.24) is 14.8 Å². The molecule has 0 bridgehead atoms. The molecule has 0 aliphatic heterocycles. The van der Waals surface area contributed by atoms with Crippen molar-refractivity contribution in [3.05, 3.63) is 42.5 Å². The van der Waals surface area contributed by atoms with Crippen molar-refractivity contribution in [2.24, 2.45) is 5.73 Å². The van der Waals surface area contributed by atoms with Crippen molar-refractivity contribution in [3.8, 4) is 5.69 Å². The fraction of sp³-hybridized carbons (Fsp3) is 0.182. The number of primary amides is 1. The molecule has 0 aliphatic rings. The van der Waals surface area contributed by atoms with Crippen LogP contribution in [0, 0.1) is 0 Å². The van der Waals surface area contributed by atoms with Crippen LogP contribution in [-0.2, 0) is 4.79 Å². The van der Waals surface area contributed by atoms with Gasteiger partial charge in [0, 0.05) is 24.2 Å². The summed E-state index contributed by atoms with van der Waals surface area (Å²) in [5.41, 5.74) is 6.94. The Hall–Kier alpha value is -2.17. The van der Waals surface area contributed by atoms with Gasteiger partial charge in [-0.3, -0.25) is 9.78 Å². The summed E-state index contributed by atoms with van der Waals surface area (Å²) < 4.78 is 1.69. The van der Waals surface area contributed by atoms with Crippen molar-refractivity contribution < 1.29 is 4.79 Å². The molecule has 0 saturated heterocycles. The van der Waals surface area contributed by atoms with Crippen LogP contribution in [0.3, 0.4) is 0 Å². The molecule has 0 fully saturated rings. The van der Waals surface area contributed by atoms with Gasteiger partial charge in [0.15, 0.2) is 0 Å². The first-order valence-corrected chi connectivity index (χ1v) is 4.93. The fourth-order valence-electron chi connectivity index (χ4n) is 1.36. The molecule has 82 valence electrons. The maximum absolute atomic E-state index is 11.0. The van der Waals surface area contributed by atoms with E-state index in [2.05, 4.69) is 10.1 Å². The average molecular weight is 216 g/mol. The normalized spacial score (nSPS) is 12.3. The van der Waals surface area contributed by atoms with Crippen molar-refractivity contribution in [3.63, 3.8) is 0 Å². The van der Waals surface area contributed by atoms with E-state index in [9.17, 15) is 4.79 Å². The van der Waals surface area contributed by atoms with Crippen molar-refractivity contribution >= 4 is 5.91 Å². The van der Waals surface area contributed by atoms with E-state index >= 15 is 0 Å². The third kappa shape index (κ3) is 1.93. The highest BCUT2D eigenvalue weighted by Crippen LogP contribution is 2.15. The van der Waals surface area contributed by atoms with Crippen molar-refractivity contribution in [2.45, 2.75) is 12.8 Å². The molecule has 2 rings (SSSR count). The maximum atomic E-state index is 11.0. The summed E-state index contributed by atoms with van der Waals surface area (Å²) in [6.07, 6.45) is 6.82. The first-order valence-electron chi connectivity index (χ1n) is 4.93. The first-order chi connectivity index (χ1) is 7.68. The quantitative estimate of drug-likeness (QED) is 0.826. The summed E-state index contributed by atoms with van der Waals surface area (Å²) in [5, 5.41) is 4.17. The van der Waals surface area contributed by atoms with Gasteiger partial charge in [0.25, 0.3) is 0 Å². The topological polar surface area (TPSA) is 73.8 Å². The number of hydrogen-bond acceptors (Lipinski definition) is 3. The standard InChI is InChI=1S/C11H12N4O/c1-8(11(12)16)9-6-14-15(7-9)10-2-4-13-5-3-10/h2-8H,1H3,(H2,12,16). The molecule has 2 N–H and O–H groups in total. The zero-order valence-electron chi connectivity index (χ0n) is 8.87. The van der Waals surface area contributed by atoms with E-state index < -0.39 is 0 Å². The molecule has 2 heterocycles. The summed E-state index contributed by atoms with van der Waals surface area (Å²) >= 11 is 0. The summed E-state index contributed by atoms with van der Waals surface area (Å²) in [5.74, 6) is -0.676. The molecule has 16 heavy (non-hydrogen) atoms. The summed E-state index contributed by atoms with van der Waals surface area (Å²) in [6, 6.07) is 3.68. The molecule has 1 amide bonds. The summed E-state index contributed by atoms with van der Waals surface area (Å²) in [6.45, 7) is 1.76. The minimum absolute atomic E-state index is 0.324. The summed E-state index contributed by atoms with van der Waals surface area (Å²) in [7, 11) is 0. The smallest absolute Gasteiger partial charge is 0.224 e. The molecule has 0 spiro atoms. The second-order valence-corrected chi connectivity index (χ2v) is 3.55. The molecular weight excluding hydrogens is 204 g/mol. The van der Waals surface area contributed by atoms with Crippen molar-refractivity contribution in [1.29, 1.82) is 0 Å². The van der Waals surface area contributed by atoms with Crippen LogP contribution in [-0.4, -0.2) is 20.7 Å². The lowest BCUT2D eigenvalue weighted by Crippen LogP contribution is -2.18. The van der Waals surface area contributed by atoms with Crippen LogP contribution in [0.4, 0.5) is 0 Å². The number of nitrogens with two attached hydrogens (primary N) is 1. The third-order valence-corrected chi connectivity index (χ3v) is 2.46. The van der Waals surface area contributed by atoms with Crippen LogP contribution in [0.5, 0.6) is 0 Å². The van der Waals surface area contributed by atoms with Gasteiger partial charge in [-0.2, -0.15) is 5.10 Å². The molecular formula is C11H12N4O. The number of aromatic nitrogens is 3.